The highest BCUT2D eigenvalue weighted by Gasteiger charge is 2.09. The Morgan fingerprint density at radius 1 is 1.50 bits per heavy atom. The molecule has 1 rings (SSSR count). The number of aliphatic hydroxyl groups excluding tert-OH is 1. The lowest BCUT2D eigenvalue weighted by Crippen LogP contribution is -2.20. The number of aromatic nitrogens is 2. The summed E-state index contributed by atoms with van der Waals surface area (Å²) in [4.78, 5) is 10.6. The second kappa shape index (κ2) is 4.20. The van der Waals surface area contributed by atoms with Gasteiger partial charge in [-0.2, -0.15) is 5.10 Å². The number of nitrogens with zero attached hydrogens (tertiary/aromatic N) is 1. The molecule has 0 aromatic carbocycles. The monoisotopic (exact) mass is 219 g/mol. The minimum absolute atomic E-state index is 0.0121. The first kappa shape index (κ1) is 10.7. The Bertz CT molecular complexity index is 432. The van der Waals surface area contributed by atoms with Gasteiger partial charge in [0.1, 0.15) is 0 Å². The molecule has 0 aliphatic carbocycles. The van der Waals surface area contributed by atoms with E-state index in [1.54, 1.807) is 0 Å². The summed E-state index contributed by atoms with van der Waals surface area (Å²) in [6.07, 6.45) is 0. The van der Waals surface area contributed by atoms with Gasteiger partial charge in [0.05, 0.1) is 12.4 Å². The van der Waals surface area contributed by atoms with E-state index in [1.807, 2.05) is 0 Å². The normalized spacial score (nSPS) is 11.2. The molecule has 0 saturated heterocycles. The first-order chi connectivity index (χ1) is 6.53. The van der Waals surface area contributed by atoms with Crippen molar-refractivity contribution in [3.05, 3.63) is 22.5 Å². The van der Waals surface area contributed by atoms with E-state index in [4.69, 9.17) is 5.11 Å². The van der Waals surface area contributed by atoms with Crippen LogP contribution in [0.5, 0.6) is 0 Å². The zero-order valence-electron chi connectivity index (χ0n) is 7.10. The first-order valence-electron chi connectivity index (χ1n) is 3.70. The van der Waals surface area contributed by atoms with Crippen LogP contribution < -0.4 is 10.3 Å². The fraction of sp³-hybridized carbons (Fsp3) is 0.333. The number of H-pyrrole nitrogens is 1. The van der Waals surface area contributed by atoms with Gasteiger partial charge < -0.3 is 5.11 Å². The first-order valence-corrected chi connectivity index (χ1v) is 5.36. The lowest BCUT2D eigenvalue weighted by atomic mass is 10.5. The molecule has 7 nitrogen and oxygen atoms in total. The van der Waals surface area contributed by atoms with Crippen LogP contribution >= 0.6 is 0 Å². The van der Waals surface area contributed by atoms with Gasteiger partial charge in [0.15, 0.2) is 5.82 Å². The molecule has 3 N–H and O–H groups in total. The average molecular weight is 219 g/mol. The molecule has 0 fully saturated rings. The van der Waals surface area contributed by atoms with Crippen LogP contribution in [0.1, 0.15) is 0 Å². The number of sulfonamides is 1. The van der Waals surface area contributed by atoms with Crippen LogP contribution in [0.2, 0.25) is 0 Å². The van der Waals surface area contributed by atoms with E-state index in [0.717, 1.165) is 6.07 Å². The number of hydrogen-bond acceptors (Lipinski definition) is 5. The predicted octanol–water partition coefficient (Wildman–Crippen LogP) is -1.50. The molecular formula is C6H9N3O4S. The summed E-state index contributed by atoms with van der Waals surface area (Å²) in [5, 5.41) is 13.9. The second-order valence-corrected chi connectivity index (χ2v) is 4.29. The van der Waals surface area contributed by atoms with Crippen LogP contribution in [0.3, 0.4) is 0 Å². The molecule has 0 atom stereocenters. The summed E-state index contributed by atoms with van der Waals surface area (Å²) in [6, 6.07) is 2.37. The maximum Gasteiger partial charge on any atom is 0.264 e. The molecule has 0 amide bonds. The van der Waals surface area contributed by atoms with Gasteiger partial charge in [0.25, 0.3) is 5.56 Å². The van der Waals surface area contributed by atoms with E-state index in [2.05, 4.69) is 14.9 Å². The molecule has 1 aromatic heterocycles. The molecule has 78 valence electrons. The minimum Gasteiger partial charge on any atom is -0.395 e. The Morgan fingerprint density at radius 3 is 2.71 bits per heavy atom. The van der Waals surface area contributed by atoms with Crippen LogP contribution in [0.15, 0.2) is 16.9 Å². The van der Waals surface area contributed by atoms with Gasteiger partial charge in [-0.15, -0.1) is 0 Å². The molecule has 8 heteroatoms. The highest BCUT2D eigenvalue weighted by atomic mass is 32.2. The molecule has 14 heavy (non-hydrogen) atoms. The van der Waals surface area contributed by atoms with Crippen LogP contribution in [0.4, 0.5) is 5.82 Å². The number of aromatic amines is 1. The van der Waals surface area contributed by atoms with Gasteiger partial charge in [-0.3, -0.25) is 9.52 Å². The molecular weight excluding hydrogens is 210 g/mol. The Kier molecular flexibility index (Phi) is 3.20. The summed E-state index contributed by atoms with van der Waals surface area (Å²) in [6.45, 7) is -0.474. The van der Waals surface area contributed by atoms with E-state index in [0.29, 0.717) is 0 Å². The number of nitrogens with one attached hydrogen (secondary N) is 2. The summed E-state index contributed by atoms with van der Waals surface area (Å²) >= 11 is 0. The molecule has 0 aliphatic rings. The van der Waals surface area contributed by atoms with Gasteiger partial charge >= 0.3 is 0 Å². The van der Waals surface area contributed by atoms with E-state index in [-0.39, 0.29) is 5.82 Å². The van der Waals surface area contributed by atoms with Crippen LogP contribution in [0.25, 0.3) is 0 Å². The van der Waals surface area contributed by atoms with Gasteiger partial charge in [-0.05, 0) is 6.07 Å². The number of anilines is 1. The summed E-state index contributed by atoms with van der Waals surface area (Å²) in [5.41, 5.74) is -0.421. The standard InChI is InChI=1S/C6H9N3O4S/c10-3-4-14(12,13)9-5-1-2-6(11)8-7-5/h1-2,10H,3-4H2,(H,7,9)(H,8,11). The topological polar surface area (TPSA) is 112 Å². The molecule has 0 radical (unpaired) electrons. The Balaban J connectivity index is 2.79. The van der Waals surface area contributed by atoms with Gasteiger partial charge in [0, 0.05) is 6.07 Å². The molecule has 0 saturated carbocycles. The quantitative estimate of drug-likeness (QED) is 0.570. The molecule has 0 unspecified atom stereocenters. The zero-order valence-corrected chi connectivity index (χ0v) is 7.91. The SMILES string of the molecule is O=c1ccc(NS(=O)(=O)CCO)n[nH]1. The van der Waals surface area contributed by atoms with Crippen molar-refractivity contribution in [3.63, 3.8) is 0 Å². The maximum absolute atomic E-state index is 11.1. The Hall–Kier alpha value is -1.41. The summed E-state index contributed by atoms with van der Waals surface area (Å²) in [5.74, 6) is -0.397. The van der Waals surface area contributed by atoms with E-state index >= 15 is 0 Å². The van der Waals surface area contributed by atoms with Crippen LogP contribution in [0, 0.1) is 0 Å². The lowest BCUT2D eigenvalue weighted by Gasteiger charge is -2.03. The highest BCUT2D eigenvalue weighted by Crippen LogP contribution is 2.00. The minimum atomic E-state index is -3.58. The third kappa shape index (κ3) is 3.15. The van der Waals surface area contributed by atoms with E-state index in [1.165, 1.54) is 6.07 Å². The summed E-state index contributed by atoms with van der Waals surface area (Å²) < 4.78 is 24.2. The Labute approximate surface area is 79.8 Å². The van der Waals surface area contributed by atoms with Crippen molar-refractivity contribution in [3.8, 4) is 0 Å². The van der Waals surface area contributed by atoms with Gasteiger partial charge in [-0.25, -0.2) is 13.5 Å². The second-order valence-electron chi connectivity index (χ2n) is 2.45. The maximum atomic E-state index is 11.1. The number of hydrogen-bond donors (Lipinski definition) is 3. The molecule has 1 aromatic rings. The van der Waals surface area contributed by atoms with Crippen molar-refractivity contribution in [1.82, 2.24) is 10.2 Å². The fourth-order valence-corrected chi connectivity index (χ4v) is 1.51. The third-order valence-corrected chi connectivity index (χ3v) is 2.54. The van der Waals surface area contributed by atoms with Crippen molar-refractivity contribution in [1.29, 1.82) is 0 Å². The third-order valence-electron chi connectivity index (χ3n) is 1.30. The Morgan fingerprint density at radius 2 is 2.21 bits per heavy atom. The highest BCUT2D eigenvalue weighted by molar-refractivity contribution is 7.92. The lowest BCUT2D eigenvalue weighted by molar-refractivity contribution is 0.320. The zero-order chi connectivity index (χ0) is 10.6. The van der Waals surface area contributed by atoms with Gasteiger partial charge in [-0.1, -0.05) is 0 Å². The van der Waals surface area contributed by atoms with E-state index < -0.39 is 27.9 Å². The number of rotatable bonds is 4. The molecule has 1 heterocycles. The van der Waals surface area contributed by atoms with Crippen LogP contribution in [-0.2, 0) is 10.0 Å². The van der Waals surface area contributed by atoms with Crippen molar-refractivity contribution in [2.75, 3.05) is 17.1 Å². The smallest absolute Gasteiger partial charge is 0.264 e. The van der Waals surface area contributed by atoms with Gasteiger partial charge in [0.2, 0.25) is 10.0 Å². The van der Waals surface area contributed by atoms with Crippen molar-refractivity contribution < 1.29 is 13.5 Å². The average Bonchev–Trinajstić information content (AvgIpc) is 2.08. The van der Waals surface area contributed by atoms with E-state index in [9.17, 15) is 13.2 Å². The number of aliphatic hydroxyl groups is 1. The van der Waals surface area contributed by atoms with Crippen molar-refractivity contribution in [2.45, 2.75) is 0 Å². The van der Waals surface area contributed by atoms with Crippen LogP contribution in [-0.4, -0.2) is 36.1 Å². The molecule has 0 bridgehead atoms. The fourth-order valence-electron chi connectivity index (χ4n) is 0.732. The van der Waals surface area contributed by atoms with Crippen molar-refractivity contribution >= 4 is 15.8 Å². The van der Waals surface area contributed by atoms with Crippen molar-refractivity contribution in [2.24, 2.45) is 0 Å². The largest absolute Gasteiger partial charge is 0.395 e. The summed E-state index contributed by atoms with van der Waals surface area (Å²) in [7, 11) is -3.58. The molecule has 0 aliphatic heterocycles. The molecule has 0 spiro atoms. The predicted molar refractivity (Wildman–Crippen MR) is 49.4 cm³/mol.